The van der Waals surface area contributed by atoms with Gasteiger partial charge in [-0.3, -0.25) is 4.79 Å². The van der Waals surface area contributed by atoms with Crippen LogP contribution in [-0.4, -0.2) is 23.2 Å². The van der Waals surface area contributed by atoms with Crippen molar-refractivity contribution in [3.8, 4) is 0 Å². The monoisotopic (exact) mass is 267 g/mol. The van der Waals surface area contributed by atoms with Crippen LogP contribution in [0, 0.1) is 11.7 Å². The van der Waals surface area contributed by atoms with Crippen LogP contribution < -0.4 is 5.32 Å². The Balaban J connectivity index is 2.57. The fourth-order valence-corrected chi connectivity index (χ4v) is 2.13. The van der Waals surface area contributed by atoms with Gasteiger partial charge < -0.3 is 10.4 Å². The van der Waals surface area contributed by atoms with Gasteiger partial charge in [0.1, 0.15) is 11.9 Å². The van der Waals surface area contributed by atoms with E-state index in [1.807, 2.05) is 26.8 Å². The van der Waals surface area contributed by atoms with Crippen molar-refractivity contribution in [1.82, 2.24) is 5.32 Å². The number of halogens is 1. The maximum atomic E-state index is 13.1. The smallest absolute Gasteiger partial charge is 0.320 e. The maximum Gasteiger partial charge on any atom is 0.320 e. The van der Waals surface area contributed by atoms with E-state index in [1.165, 1.54) is 12.1 Å². The molecule has 0 bridgehead atoms. The summed E-state index contributed by atoms with van der Waals surface area (Å²) in [5.41, 5.74) is 0.869. The zero-order valence-electron chi connectivity index (χ0n) is 11.7. The van der Waals surface area contributed by atoms with Gasteiger partial charge in [0.05, 0.1) is 0 Å². The third-order valence-electron chi connectivity index (χ3n) is 2.92. The molecule has 4 heteroatoms. The Labute approximate surface area is 113 Å². The zero-order valence-corrected chi connectivity index (χ0v) is 11.7. The average Bonchev–Trinajstić information content (AvgIpc) is 2.27. The lowest BCUT2D eigenvalue weighted by Crippen LogP contribution is -2.43. The number of hydrogen-bond acceptors (Lipinski definition) is 2. The van der Waals surface area contributed by atoms with Crippen LogP contribution >= 0.6 is 0 Å². The highest BCUT2D eigenvalue weighted by atomic mass is 19.1. The van der Waals surface area contributed by atoms with E-state index in [0.717, 1.165) is 5.56 Å². The highest BCUT2D eigenvalue weighted by Gasteiger charge is 2.20. The highest BCUT2D eigenvalue weighted by Crippen LogP contribution is 2.09. The topological polar surface area (TPSA) is 49.3 Å². The number of carboxylic acids is 1. The van der Waals surface area contributed by atoms with Crippen LogP contribution in [0.2, 0.25) is 0 Å². The molecule has 0 aliphatic carbocycles. The van der Waals surface area contributed by atoms with Gasteiger partial charge in [0.15, 0.2) is 0 Å². The summed E-state index contributed by atoms with van der Waals surface area (Å²) in [6, 6.07) is 5.83. The van der Waals surface area contributed by atoms with E-state index in [4.69, 9.17) is 5.11 Å². The fourth-order valence-electron chi connectivity index (χ4n) is 2.13. The summed E-state index contributed by atoms with van der Waals surface area (Å²) in [6.07, 6.45) is 1.20. The number of hydrogen-bond donors (Lipinski definition) is 2. The lowest BCUT2D eigenvalue weighted by atomic mass is 10.0. The number of carbonyl (C=O) groups is 1. The quantitative estimate of drug-likeness (QED) is 0.798. The van der Waals surface area contributed by atoms with Crippen molar-refractivity contribution in [1.29, 1.82) is 0 Å². The third kappa shape index (κ3) is 5.83. The predicted molar refractivity (Wildman–Crippen MR) is 73.6 cm³/mol. The number of rotatable bonds is 7. The largest absolute Gasteiger partial charge is 0.480 e. The first kappa shape index (κ1) is 15.6. The van der Waals surface area contributed by atoms with Gasteiger partial charge in [0, 0.05) is 6.04 Å². The molecule has 0 aromatic heterocycles. The van der Waals surface area contributed by atoms with Crippen LogP contribution in [-0.2, 0) is 11.2 Å². The molecule has 0 fully saturated rings. The third-order valence-corrected chi connectivity index (χ3v) is 2.92. The van der Waals surface area contributed by atoms with Crippen LogP contribution in [0.4, 0.5) is 4.39 Å². The molecule has 2 atom stereocenters. The Morgan fingerprint density at radius 1 is 1.37 bits per heavy atom. The van der Waals surface area contributed by atoms with Gasteiger partial charge in [-0.25, -0.2) is 4.39 Å². The summed E-state index contributed by atoms with van der Waals surface area (Å²) in [5.74, 6) is -0.781. The molecule has 106 valence electrons. The highest BCUT2D eigenvalue weighted by molar-refractivity contribution is 5.73. The second kappa shape index (κ2) is 7.24. The normalized spacial score (nSPS) is 14.4. The molecule has 1 aromatic rings. The Hall–Kier alpha value is -1.42. The summed E-state index contributed by atoms with van der Waals surface area (Å²) in [7, 11) is 0. The standard InChI is InChI=1S/C15H22FNO2/c1-10(2)7-14(15(18)19)17-11(3)8-12-5-4-6-13(16)9-12/h4-6,9-11,14,17H,7-8H2,1-3H3,(H,18,19). The second-order valence-electron chi connectivity index (χ2n) is 5.42. The molecule has 2 N–H and O–H groups in total. The summed E-state index contributed by atoms with van der Waals surface area (Å²) < 4.78 is 13.1. The molecule has 19 heavy (non-hydrogen) atoms. The summed E-state index contributed by atoms with van der Waals surface area (Å²) in [4.78, 5) is 11.2. The minimum atomic E-state index is -0.834. The Kier molecular flexibility index (Phi) is 5.96. The maximum absolute atomic E-state index is 13.1. The van der Waals surface area contributed by atoms with E-state index < -0.39 is 12.0 Å². The zero-order chi connectivity index (χ0) is 14.4. The molecule has 0 spiro atoms. The SMILES string of the molecule is CC(C)CC(NC(C)Cc1cccc(F)c1)C(=O)O. The predicted octanol–water partition coefficient (Wildman–Crippen LogP) is 2.85. The van der Waals surface area contributed by atoms with E-state index in [0.29, 0.717) is 18.8 Å². The molecule has 1 rings (SSSR count). The number of nitrogens with one attached hydrogen (secondary N) is 1. The van der Waals surface area contributed by atoms with E-state index in [2.05, 4.69) is 5.32 Å². The van der Waals surface area contributed by atoms with Crippen molar-refractivity contribution < 1.29 is 14.3 Å². The Morgan fingerprint density at radius 3 is 2.58 bits per heavy atom. The molecule has 3 nitrogen and oxygen atoms in total. The van der Waals surface area contributed by atoms with Crippen LogP contribution in [0.5, 0.6) is 0 Å². The Bertz CT molecular complexity index is 420. The summed E-state index contributed by atoms with van der Waals surface area (Å²) in [6.45, 7) is 5.91. The van der Waals surface area contributed by atoms with Crippen LogP contribution in [0.15, 0.2) is 24.3 Å². The average molecular weight is 267 g/mol. The lowest BCUT2D eigenvalue weighted by Gasteiger charge is -2.21. The Morgan fingerprint density at radius 2 is 2.05 bits per heavy atom. The van der Waals surface area contributed by atoms with Crippen LogP contribution in [0.1, 0.15) is 32.8 Å². The minimum absolute atomic E-state index is 0.0124. The van der Waals surface area contributed by atoms with Crippen molar-refractivity contribution >= 4 is 5.97 Å². The molecule has 0 aliphatic rings. The molecular formula is C15H22FNO2. The first-order chi connectivity index (χ1) is 8.88. The van der Waals surface area contributed by atoms with Gasteiger partial charge >= 0.3 is 5.97 Å². The minimum Gasteiger partial charge on any atom is -0.480 e. The number of aliphatic carboxylic acids is 1. The van der Waals surface area contributed by atoms with Gasteiger partial charge in [-0.15, -0.1) is 0 Å². The van der Waals surface area contributed by atoms with Gasteiger partial charge in [-0.05, 0) is 43.4 Å². The molecule has 0 radical (unpaired) electrons. The summed E-state index contributed by atoms with van der Waals surface area (Å²) >= 11 is 0. The van der Waals surface area contributed by atoms with E-state index in [1.54, 1.807) is 6.07 Å². The summed E-state index contributed by atoms with van der Waals surface area (Å²) in [5, 5.41) is 12.3. The van der Waals surface area contributed by atoms with Crippen LogP contribution in [0.25, 0.3) is 0 Å². The molecule has 0 saturated heterocycles. The fraction of sp³-hybridized carbons (Fsp3) is 0.533. The van der Waals surface area contributed by atoms with Crippen molar-refractivity contribution in [2.75, 3.05) is 0 Å². The van der Waals surface area contributed by atoms with Crippen molar-refractivity contribution in [2.45, 2.75) is 45.7 Å². The molecule has 2 unspecified atom stereocenters. The van der Waals surface area contributed by atoms with Crippen molar-refractivity contribution in [3.63, 3.8) is 0 Å². The van der Waals surface area contributed by atoms with E-state index in [-0.39, 0.29) is 11.9 Å². The van der Waals surface area contributed by atoms with Gasteiger partial charge in [-0.1, -0.05) is 26.0 Å². The molecule has 0 aliphatic heterocycles. The number of benzene rings is 1. The van der Waals surface area contributed by atoms with E-state index >= 15 is 0 Å². The molecule has 0 amide bonds. The first-order valence-corrected chi connectivity index (χ1v) is 6.61. The molecule has 0 saturated carbocycles. The van der Waals surface area contributed by atoms with Crippen molar-refractivity contribution in [2.24, 2.45) is 5.92 Å². The second-order valence-corrected chi connectivity index (χ2v) is 5.42. The van der Waals surface area contributed by atoms with Gasteiger partial charge in [0.25, 0.3) is 0 Å². The van der Waals surface area contributed by atoms with Gasteiger partial charge in [-0.2, -0.15) is 0 Å². The lowest BCUT2D eigenvalue weighted by molar-refractivity contribution is -0.140. The van der Waals surface area contributed by atoms with Crippen LogP contribution in [0.3, 0.4) is 0 Å². The van der Waals surface area contributed by atoms with Crippen molar-refractivity contribution in [3.05, 3.63) is 35.6 Å². The van der Waals surface area contributed by atoms with Gasteiger partial charge in [0.2, 0.25) is 0 Å². The number of carboxylic acid groups (broad SMARTS) is 1. The molecular weight excluding hydrogens is 245 g/mol. The van der Waals surface area contributed by atoms with E-state index in [9.17, 15) is 9.18 Å². The molecule has 1 aromatic carbocycles. The first-order valence-electron chi connectivity index (χ1n) is 6.61. The molecule has 0 heterocycles.